The molecule has 1 saturated heterocycles. The monoisotopic (exact) mass is 346 g/mol. The molecule has 0 spiro atoms. The van der Waals surface area contributed by atoms with Gasteiger partial charge in [0.05, 0.1) is 6.54 Å². The number of amides is 4. The number of urea groups is 1. The van der Waals surface area contributed by atoms with Crippen LogP contribution in [0.3, 0.4) is 0 Å². The standard InChI is InChI=1S/C18H26N4O3/c1-18(2,3)21-15(23)12-19-17(25)20-14-8-6-13(7-9-14)16(24)22-10-4-5-11-22/h6-9H,4-5,10-12H2,1-3H3,(H,21,23)(H2,19,20,25). The Morgan fingerprint density at radius 1 is 1.04 bits per heavy atom. The summed E-state index contributed by atoms with van der Waals surface area (Å²) in [4.78, 5) is 37.6. The fourth-order valence-corrected chi connectivity index (χ4v) is 2.60. The molecule has 0 radical (unpaired) electrons. The summed E-state index contributed by atoms with van der Waals surface area (Å²) in [6.45, 7) is 7.12. The predicted octanol–water partition coefficient (Wildman–Crippen LogP) is 1.96. The Bertz CT molecular complexity index is 629. The highest BCUT2D eigenvalue weighted by Gasteiger charge is 2.19. The van der Waals surface area contributed by atoms with E-state index >= 15 is 0 Å². The maximum atomic E-state index is 12.3. The van der Waals surface area contributed by atoms with E-state index in [0.29, 0.717) is 11.3 Å². The number of carbonyl (C=O) groups excluding carboxylic acids is 3. The molecule has 2 rings (SSSR count). The molecule has 0 aliphatic carbocycles. The molecule has 3 N–H and O–H groups in total. The summed E-state index contributed by atoms with van der Waals surface area (Å²) in [7, 11) is 0. The first-order valence-electron chi connectivity index (χ1n) is 8.50. The van der Waals surface area contributed by atoms with E-state index in [4.69, 9.17) is 0 Å². The Balaban J connectivity index is 1.81. The molecule has 4 amide bonds. The maximum absolute atomic E-state index is 12.3. The van der Waals surface area contributed by atoms with Gasteiger partial charge in [-0.3, -0.25) is 9.59 Å². The van der Waals surface area contributed by atoms with Crippen LogP contribution in [0.25, 0.3) is 0 Å². The van der Waals surface area contributed by atoms with E-state index in [1.54, 1.807) is 24.3 Å². The third-order valence-electron chi connectivity index (χ3n) is 3.71. The number of anilines is 1. The molecule has 1 heterocycles. The van der Waals surface area contributed by atoms with Crippen molar-refractivity contribution in [3.8, 4) is 0 Å². The van der Waals surface area contributed by atoms with Crippen molar-refractivity contribution in [1.29, 1.82) is 0 Å². The smallest absolute Gasteiger partial charge is 0.319 e. The van der Waals surface area contributed by atoms with Crippen LogP contribution < -0.4 is 16.0 Å². The lowest BCUT2D eigenvalue weighted by Crippen LogP contribution is -2.46. The number of nitrogens with one attached hydrogen (secondary N) is 3. The van der Waals surface area contributed by atoms with Gasteiger partial charge in [0.15, 0.2) is 0 Å². The van der Waals surface area contributed by atoms with Crippen LogP contribution in [0.4, 0.5) is 10.5 Å². The van der Waals surface area contributed by atoms with E-state index < -0.39 is 6.03 Å². The number of nitrogens with zero attached hydrogens (tertiary/aromatic N) is 1. The highest BCUT2D eigenvalue weighted by Crippen LogP contribution is 2.15. The van der Waals surface area contributed by atoms with E-state index in [1.807, 2.05) is 25.7 Å². The lowest BCUT2D eigenvalue weighted by atomic mass is 10.1. The summed E-state index contributed by atoms with van der Waals surface area (Å²) < 4.78 is 0. The van der Waals surface area contributed by atoms with Gasteiger partial charge < -0.3 is 20.9 Å². The van der Waals surface area contributed by atoms with Crippen molar-refractivity contribution >= 4 is 23.5 Å². The molecule has 0 unspecified atom stereocenters. The summed E-state index contributed by atoms with van der Waals surface area (Å²) >= 11 is 0. The quantitative estimate of drug-likeness (QED) is 0.778. The minimum atomic E-state index is -0.470. The van der Waals surface area contributed by atoms with Crippen LogP contribution in [0.1, 0.15) is 44.0 Å². The maximum Gasteiger partial charge on any atom is 0.319 e. The Morgan fingerprint density at radius 3 is 2.20 bits per heavy atom. The van der Waals surface area contributed by atoms with Crippen molar-refractivity contribution in [3.63, 3.8) is 0 Å². The van der Waals surface area contributed by atoms with Crippen molar-refractivity contribution < 1.29 is 14.4 Å². The summed E-state index contributed by atoms with van der Waals surface area (Å²) in [5.74, 6) is -0.235. The zero-order valence-electron chi connectivity index (χ0n) is 15.0. The van der Waals surface area contributed by atoms with Crippen LogP contribution in [0.5, 0.6) is 0 Å². The van der Waals surface area contributed by atoms with Crippen LogP contribution in [0.15, 0.2) is 24.3 Å². The highest BCUT2D eigenvalue weighted by molar-refractivity contribution is 5.96. The Kier molecular flexibility index (Phi) is 6.01. The molecule has 1 aliphatic rings. The average molecular weight is 346 g/mol. The van der Waals surface area contributed by atoms with E-state index in [9.17, 15) is 14.4 Å². The second-order valence-electron chi connectivity index (χ2n) is 7.18. The van der Waals surface area contributed by atoms with E-state index in [1.165, 1.54) is 0 Å². The number of carbonyl (C=O) groups is 3. The third-order valence-corrected chi connectivity index (χ3v) is 3.71. The van der Waals surface area contributed by atoms with Gasteiger partial charge >= 0.3 is 6.03 Å². The Labute approximate surface area is 148 Å². The molecular formula is C18H26N4O3. The van der Waals surface area contributed by atoms with Crippen LogP contribution in [-0.2, 0) is 4.79 Å². The molecule has 7 heteroatoms. The molecule has 1 aliphatic heterocycles. The first kappa shape index (κ1) is 18.8. The van der Waals surface area contributed by atoms with E-state index in [-0.39, 0.29) is 23.9 Å². The van der Waals surface area contributed by atoms with Crippen molar-refractivity contribution in [1.82, 2.24) is 15.5 Å². The van der Waals surface area contributed by atoms with Crippen molar-refractivity contribution in [2.75, 3.05) is 25.0 Å². The van der Waals surface area contributed by atoms with Gasteiger partial charge in [0, 0.05) is 29.9 Å². The molecular weight excluding hydrogens is 320 g/mol. The highest BCUT2D eigenvalue weighted by atomic mass is 16.2. The SMILES string of the molecule is CC(C)(C)NC(=O)CNC(=O)Nc1ccc(C(=O)N2CCCC2)cc1. The second-order valence-corrected chi connectivity index (χ2v) is 7.18. The fourth-order valence-electron chi connectivity index (χ4n) is 2.60. The minimum absolute atomic E-state index is 0.0207. The number of likely N-dealkylation sites (tertiary alicyclic amines) is 1. The topological polar surface area (TPSA) is 90.5 Å². The van der Waals surface area contributed by atoms with Crippen LogP contribution in [0.2, 0.25) is 0 Å². The summed E-state index contributed by atoms with van der Waals surface area (Å²) in [5.41, 5.74) is 0.830. The molecule has 1 aromatic rings. The number of benzene rings is 1. The summed E-state index contributed by atoms with van der Waals surface area (Å²) in [6.07, 6.45) is 2.10. The predicted molar refractivity (Wildman–Crippen MR) is 96.5 cm³/mol. The average Bonchev–Trinajstić information content (AvgIpc) is 3.06. The largest absolute Gasteiger partial charge is 0.350 e. The fraction of sp³-hybridized carbons (Fsp3) is 0.500. The number of rotatable bonds is 4. The van der Waals surface area contributed by atoms with Gasteiger partial charge in [0.2, 0.25) is 5.91 Å². The molecule has 1 aromatic carbocycles. The molecule has 0 atom stereocenters. The number of hydrogen-bond donors (Lipinski definition) is 3. The Morgan fingerprint density at radius 2 is 1.64 bits per heavy atom. The van der Waals surface area contributed by atoms with Gasteiger partial charge in [-0.1, -0.05) is 0 Å². The molecule has 1 fully saturated rings. The summed E-state index contributed by atoms with van der Waals surface area (Å²) in [6, 6.07) is 6.28. The van der Waals surface area contributed by atoms with Gasteiger partial charge in [-0.05, 0) is 57.9 Å². The first-order chi connectivity index (χ1) is 11.7. The van der Waals surface area contributed by atoms with Crippen LogP contribution in [-0.4, -0.2) is 47.9 Å². The minimum Gasteiger partial charge on any atom is -0.350 e. The van der Waals surface area contributed by atoms with E-state index in [2.05, 4.69) is 16.0 Å². The van der Waals surface area contributed by atoms with Gasteiger partial charge in [-0.2, -0.15) is 0 Å². The van der Waals surface area contributed by atoms with Gasteiger partial charge in [0.25, 0.3) is 5.91 Å². The molecule has 0 saturated carbocycles. The Hall–Kier alpha value is -2.57. The van der Waals surface area contributed by atoms with Gasteiger partial charge in [-0.15, -0.1) is 0 Å². The first-order valence-corrected chi connectivity index (χ1v) is 8.50. The van der Waals surface area contributed by atoms with Crippen molar-refractivity contribution in [3.05, 3.63) is 29.8 Å². The van der Waals surface area contributed by atoms with Crippen molar-refractivity contribution in [2.24, 2.45) is 0 Å². The molecule has 0 bridgehead atoms. The lowest BCUT2D eigenvalue weighted by Gasteiger charge is -2.20. The molecule has 136 valence electrons. The third kappa shape index (κ3) is 6.10. The van der Waals surface area contributed by atoms with E-state index in [0.717, 1.165) is 25.9 Å². The molecule has 25 heavy (non-hydrogen) atoms. The normalized spacial score (nSPS) is 14.1. The number of hydrogen-bond acceptors (Lipinski definition) is 3. The van der Waals surface area contributed by atoms with Crippen molar-refractivity contribution in [2.45, 2.75) is 39.2 Å². The van der Waals surface area contributed by atoms with Gasteiger partial charge in [-0.25, -0.2) is 4.79 Å². The molecule has 7 nitrogen and oxygen atoms in total. The van der Waals surface area contributed by atoms with Crippen LogP contribution >= 0.6 is 0 Å². The second kappa shape index (κ2) is 8.00. The molecule has 0 aromatic heterocycles. The zero-order chi connectivity index (χ0) is 18.4. The lowest BCUT2D eigenvalue weighted by molar-refractivity contribution is -0.121. The zero-order valence-corrected chi connectivity index (χ0v) is 15.0. The van der Waals surface area contributed by atoms with Gasteiger partial charge in [0.1, 0.15) is 0 Å². The summed E-state index contributed by atoms with van der Waals surface area (Å²) in [5, 5.41) is 7.90. The van der Waals surface area contributed by atoms with Crippen LogP contribution in [0, 0.1) is 0 Å².